The Balaban J connectivity index is 2.25. The van der Waals surface area contributed by atoms with Crippen LogP contribution >= 0.6 is 7.60 Å². The number of aromatic hydroxyl groups is 1. The molecule has 0 spiro atoms. The van der Waals surface area contributed by atoms with Crippen LogP contribution in [0.4, 0.5) is 0 Å². The number of likely N-dealkylation sites (N-methyl/N-ethyl adjacent to an activating group) is 1. The number of phenolic OH excluding ortho intramolecular Hbond substituents is 1. The Morgan fingerprint density at radius 1 is 0.879 bits per heavy atom. The normalized spacial score (nSPS) is 14.4. The van der Waals surface area contributed by atoms with Crippen LogP contribution in [0.3, 0.4) is 0 Å². The Labute approximate surface area is 193 Å². The van der Waals surface area contributed by atoms with Crippen molar-refractivity contribution < 1.29 is 29.0 Å². The first-order valence-electron chi connectivity index (χ1n) is 10.7. The van der Waals surface area contributed by atoms with Crippen molar-refractivity contribution in [1.29, 1.82) is 0 Å². The van der Waals surface area contributed by atoms with Gasteiger partial charge in [0.05, 0.1) is 6.04 Å². The number of amides is 2. The third-order valence-electron chi connectivity index (χ3n) is 5.26. The van der Waals surface area contributed by atoms with Crippen LogP contribution in [0, 0.1) is 5.92 Å². The average molecular weight is 477 g/mol. The van der Waals surface area contributed by atoms with E-state index in [4.69, 9.17) is 0 Å². The summed E-state index contributed by atoms with van der Waals surface area (Å²) < 4.78 is 12.1. The second-order valence-corrected chi connectivity index (χ2v) is 10.0. The molecule has 33 heavy (non-hydrogen) atoms. The number of rotatable bonds is 11. The van der Waals surface area contributed by atoms with Crippen molar-refractivity contribution in [3.05, 3.63) is 65.7 Å². The van der Waals surface area contributed by atoms with Gasteiger partial charge in [-0.1, -0.05) is 56.3 Å². The molecule has 0 aromatic heterocycles. The summed E-state index contributed by atoms with van der Waals surface area (Å²) in [6.07, 6.45) is 0.00741. The third kappa shape index (κ3) is 8.29. The molecule has 2 aromatic rings. The molecule has 2 aromatic carbocycles. The van der Waals surface area contributed by atoms with Gasteiger partial charge in [0.25, 0.3) is 0 Å². The number of benzene rings is 2. The number of carbonyl (C=O) groups is 2. The molecule has 0 saturated carbocycles. The molecule has 180 valence electrons. The minimum Gasteiger partial charge on any atom is -0.508 e. The highest BCUT2D eigenvalue weighted by Gasteiger charge is 2.34. The van der Waals surface area contributed by atoms with E-state index in [1.165, 1.54) is 24.3 Å². The zero-order valence-corrected chi connectivity index (χ0v) is 19.8. The molecule has 0 aliphatic rings. The molecule has 0 fully saturated rings. The van der Waals surface area contributed by atoms with Crippen molar-refractivity contribution in [3.63, 3.8) is 0 Å². The lowest BCUT2D eigenvalue weighted by atomic mass is 10.0. The number of hydrogen-bond acceptors (Lipinski definition) is 5. The van der Waals surface area contributed by atoms with Crippen LogP contribution in [0.2, 0.25) is 0 Å². The van der Waals surface area contributed by atoms with E-state index in [0.717, 1.165) is 5.56 Å². The minimum absolute atomic E-state index is 0.0189. The van der Waals surface area contributed by atoms with Crippen LogP contribution in [-0.4, -0.2) is 51.6 Å². The first-order valence-corrected chi connectivity index (χ1v) is 12.3. The molecule has 6 N–H and O–H groups in total. The number of carbonyl (C=O) groups excluding carboxylic acids is 2. The zero-order chi connectivity index (χ0) is 24.6. The largest absolute Gasteiger partial charge is 0.508 e. The summed E-state index contributed by atoms with van der Waals surface area (Å²) in [5.74, 6) is -2.58. The Morgan fingerprint density at radius 2 is 1.45 bits per heavy atom. The second kappa shape index (κ2) is 12.0. The molecule has 3 atom stereocenters. The number of phenols is 1. The quantitative estimate of drug-likeness (QED) is 0.269. The van der Waals surface area contributed by atoms with Gasteiger partial charge in [0, 0.05) is 12.8 Å². The molecule has 0 heterocycles. The van der Waals surface area contributed by atoms with Crippen molar-refractivity contribution >= 4 is 19.4 Å². The van der Waals surface area contributed by atoms with E-state index in [9.17, 15) is 29.0 Å². The molecular weight excluding hydrogens is 445 g/mol. The first kappa shape index (κ1) is 26.5. The topological polar surface area (TPSA) is 148 Å². The van der Waals surface area contributed by atoms with E-state index in [-0.39, 0.29) is 30.4 Å². The lowest BCUT2D eigenvalue weighted by Crippen LogP contribution is -2.55. The predicted molar refractivity (Wildman–Crippen MR) is 126 cm³/mol. The Hall–Kier alpha value is -2.71. The fourth-order valence-electron chi connectivity index (χ4n) is 3.46. The summed E-state index contributed by atoms with van der Waals surface area (Å²) in [7, 11) is -3.07. The Kier molecular flexibility index (Phi) is 9.61. The summed E-state index contributed by atoms with van der Waals surface area (Å²) in [4.78, 5) is 45.6. The average Bonchev–Trinajstić information content (AvgIpc) is 2.74. The van der Waals surface area contributed by atoms with Gasteiger partial charge in [-0.3, -0.25) is 14.2 Å². The smallest absolute Gasteiger partial charge is 0.347 e. The van der Waals surface area contributed by atoms with Crippen LogP contribution in [0.5, 0.6) is 5.75 Å². The Bertz CT molecular complexity index is 962. The lowest BCUT2D eigenvalue weighted by molar-refractivity contribution is -0.130. The van der Waals surface area contributed by atoms with Gasteiger partial charge in [0.2, 0.25) is 11.8 Å². The van der Waals surface area contributed by atoms with E-state index >= 15 is 0 Å². The summed E-state index contributed by atoms with van der Waals surface area (Å²) in [6.45, 7) is 3.74. The highest BCUT2D eigenvalue weighted by molar-refractivity contribution is 7.52. The monoisotopic (exact) mass is 477 g/mol. The SMILES string of the molecule is CN[C@H](C(=O)N[C@@H](Cc1ccccc1)C(=O)NC(Cc1ccc(O)cc1)P(=O)(O)O)C(C)C. The summed E-state index contributed by atoms with van der Waals surface area (Å²) in [5.41, 5.74) is 1.31. The lowest BCUT2D eigenvalue weighted by Gasteiger charge is -2.26. The van der Waals surface area contributed by atoms with Crippen LogP contribution in [0.25, 0.3) is 0 Å². The van der Waals surface area contributed by atoms with E-state index in [0.29, 0.717) is 5.56 Å². The molecule has 2 rings (SSSR count). The summed E-state index contributed by atoms with van der Waals surface area (Å²) in [6, 6.07) is 13.3. The van der Waals surface area contributed by atoms with Crippen molar-refractivity contribution in [3.8, 4) is 5.75 Å². The highest BCUT2D eigenvalue weighted by atomic mass is 31.2. The van der Waals surface area contributed by atoms with Gasteiger partial charge < -0.3 is 30.8 Å². The Morgan fingerprint density at radius 3 is 1.97 bits per heavy atom. The zero-order valence-electron chi connectivity index (χ0n) is 18.9. The van der Waals surface area contributed by atoms with Gasteiger partial charge >= 0.3 is 7.60 Å². The van der Waals surface area contributed by atoms with Gasteiger partial charge in [0.1, 0.15) is 17.6 Å². The minimum atomic E-state index is -4.72. The van der Waals surface area contributed by atoms with E-state index in [1.54, 1.807) is 31.3 Å². The summed E-state index contributed by atoms with van der Waals surface area (Å²) >= 11 is 0. The van der Waals surface area contributed by atoms with Gasteiger partial charge in [-0.15, -0.1) is 0 Å². The molecule has 0 aliphatic carbocycles. The highest BCUT2D eigenvalue weighted by Crippen LogP contribution is 2.41. The standard InChI is InChI=1S/C23H32N3O6P/c1-15(2)21(24-3)23(29)25-19(13-16-7-5-4-6-8-16)22(28)26-20(33(30,31)32)14-17-9-11-18(27)12-10-17/h4-12,15,19-21,24,27H,13-14H2,1-3H3,(H,25,29)(H,26,28)(H2,30,31,32)/t19-,20?,21-/m0/s1. The van der Waals surface area contributed by atoms with E-state index in [2.05, 4.69) is 16.0 Å². The van der Waals surface area contributed by atoms with Crippen LogP contribution in [0.1, 0.15) is 25.0 Å². The molecule has 1 unspecified atom stereocenters. The van der Waals surface area contributed by atoms with Gasteiger partial charge in [-0.25, -0.2) is 0 Å². The van der Waals surface area contributed by atoms with Gasteiger partial charge in [-0.2, -0.15) is 0 Å². The molecule has 9 nitrogen and oxygen atoms in total. The maximum absolute atomic E-state index is 13.1. The molecule has 2 amide bonds. The fourth-order valence-corrected chi connectivity index (χ4v) is 4.21. The molecule has 0 saturated heterocycles. The van der Waals surface area contributed by atoms with Gasteiger partial charge in [-0.05, 0) is 36.2 Å². The molecule has 10 heteroatoms. The van der Waals surface area contributed by atoms with Gasteiger partial charge in [0.15, 0.2) is 0 Å². The van der Waals surface area contributed by atoms with Crippen LogP contribution in [0.15, 0.2) is 54.6 Å². The van der Waals surface area contributed by atoms with Crippen LogP contribution in [-0.2, 0) is 27.0 Å². The molecular formula is C23H32N3O6P. The molecule has 0 aliphatic heterocycles. The third-order valence-corrected chi connectivity index (χ3v) is 6.38. The summed E-state index contributed by atoms with van der Waals surface area (Å²) in [5, 5.41) is 17.5. The van der Waals surface area contributed by atoms with Crippen LogP contribution < -0.4 is 16.0 Å². The van der Waals surface area contributed by atoms with E-state index < -0.39 is 31.4 Å². The number of hydrogen-bond donors (Lipinski definition) is 6. The number of nitrogens with one attached hydrogen (secondary N) is 3. The van der Waals surface area contributed by atoms with Crippen molar-refractivity contribution in [2.45, 2.75) is 44.6 Å². The maximum atomic E-state index is 13.1. The molecule has 0 bridgehead atoms. The van der Waals surface area contributed by atoms with Crippen molar-refractivity contribution in [2.75, 3.05) is 7.05 Å². The van der Waals surface area contributed by atoms with Crippen molar-refractivity contribution in [1.82, 2.24) is 16.0 Å². The first-order chi connectivity index (χ1) is 15.5. The van der Waals surface area contributed by atoms with Crippen molar-refractivity contribution in [2.24, 2.45) is 5.92 Å². The maximum Gasteiger partial charge on any atom is 0.347 e. The predicted octanol–water partition coefficient (Wildman–Crippen LogP) is 1.53. The second-order valence-electron chi connectivity index (χ2n) is 8.25. The van der Waals surface area contributed by atoms with E-state index in [1.807, 2.05) is 19.9 Å². The molecule has 0 radical (unpaired) electrons. The fraction of sp³-hybridized carbons (Fsp3) is 0.391.